The van der Waals surface area contributed by atoms with Crippen LogP contribution in [-0.2, 0) is 4.79 Å². The van der Waals surface area contributed by atoms with Crippen molar-refractivity contribution in [2.75, 3.05) is 27.2 Å². The minimum Gasteiger partial charge on any atom is -0.484 e. The van der Waals surface area contributed by atoms with Crippen LogP contribution in [0.3, 0.4) is 0 Å². The van der Waals surface area contributed by atoms with Crippen molar-refractivity contribution in [3.05, 3.63) is 64.7 Å². The molecule has 24 heavy (non-hydrogen) atoms. The molecule has 2 aromatic carbocycles. The first-order chi connectivity index (χ1) is 11.5. The second kappa shape index (κ2) is 8.71. The van der Waals surface area contributed by atoms with Crippen LogP contribution in [0.1, 0.15) is 17.2 Å². The maximum Gasteiger partial charge on any atom is 0.258 e. The van der Waals surface area contributed by atoms with Gasteiger partial charge in [-0.25, -0.2) is 0 Å². The third kappa shape index (κ3) is 5.25. The molecule has 1 unspecified atom stereocenters. The summed E-state index contributed by atoms with van der Waals surface area (Å²) in [6.45, 7) is 2.46. The van der Waals surface area contributed by atoms with Crippen LogP contribution < -0.4 is 10.1 Å². The number of likely N-dealkylation sites (N-methyl/N-ethyl adjacent to an activating group) is 1. The molecule has 1 amide bonds. The summed E-state index contributed by atoms with van der Waals surface area (Å²) in [5.74, 6) is 0.528. The summed E-state index contributed by atoms with van der Waals surface area (Å²) in [7, 11) is 3.92. The van der Waals surface area contributed by atoms with E-state index in [4.69, 9.17) is 16.3 Å². The predicted octanol–water partition coefficient (Wildman–Crippen LogP) is 3.45. The first-order valence-corrected chi connectivity index (χ1v) is 8.22. The van der Waals surface area contributed by atoms with E-state index in [1.54, 1.807) is 0 Å². The van der Waals surface area contributed by atoms with Gasteiger partial charge in [-0.05, 0) is 44.8 Å². The average molecular weight is 347 g/mol. The molecule has 2 aromatic rings. The predicted molar refractivity (Wildman–Crippen MR) is 97.6 cm³/mol. The minimum atomic E-state index is -0.158. The lowest BCUT2D eigenvalue weighted by atomic mass is 10.1. The molecule has 0 saturated carbocycles. The molecular formula is C19H23ClN2O2. The maximum absolute atomic E-state index is 12.0. The number of carbonyl (C=O) groups is 1. The van der Waals surface area contributed by atoms with Gasteiger partial charge in [0.15, 0.2) is 6.61 Å². The second-order valence-corrected chi connectivity index (χ2v) is 6.31. The van der Waals surface area contributed by atoms with E-state index in [2.05, 4.69) is 5.32 Å². The summed E-state index contributed by atoms with van der Waals surface area (Å²) in [6.07, 6.45) is 0. The van der Waals surface area contributed by atoms with Crippen molar-refractivity contribution >= 4 is 17.5 Å². The van der Waals surface area contributed by atoms with Gasteiger partial charge in [-0.15, -0.1) is 0 Å². The number of benzene rings is 2. The van der Waals surface area contributed by atoms with Crippen molar-refractivity contribution in [3.63, 3.8) is 0 Å². The number of rotatable bonds is 7. The highest BCUT2D eigenvalue weighted by Gasteiger charge is 2.17. The molecule has 0 aliphatic carbocycles. The van der Waals surface area contributed by atoms with E-state index in [0.29, 0.717) is 17.3 Å². The Morgan fingerprint density at radius 2 is 1.83 bits per heavy atom. The van der Waals surface area contributed by atoms with Crippen molar-refractivity contribution in [1.82, 2.24) is 10.2 Å². The Bertz CT molecular complexity index is 671. The van der Waals surface area contributed by atoms with E-state index in [1.807, 2.05) is 74.4 Å². The second-order valence-electron chi connectivity index (χ2n) is 5.91. The number of halogens is 1. The van der Waals surface area contributed by atoms with E-state index in [9.17, 15) is 4.79 Å². The number of carbonyl (C=O) groups excluding carboxylic acids is 1. The molecule has 1 N–H and O–H groups in total. The highest BCUT2D eigenvalue weighted by Crippen LogP contribution is 2.25. The highest BCUT2D eigenvalue weighted by molar-refractivity contribution is 6.31. The lowest BCUT2D eigenvalue weighted by molar-refractivity contribution is -0.123. The molecule has 0 radical (unpaired) electrons. The Hall–Kier alpha value is -2.04. The fraction of sp³-hybridized carbons (Fsp3) is 0.316. The van der Waals surface area contributed by atoms with Gasteiger partial charge in [0.1, 0.15) is 5.75 Å². The Kier molecular flexibility index (Phi) is 6.64. The monoisotopic (exact) mass is 346 g/mol. The highest BCUT2D eigenvalue weighted by atomic mass is 35.5. The van der Waals surface area contributed by atoms with E-state index in [0.717, 1.165) is 11.1 Å². The van der Waals surface area contributed by atoms with E-state index < -0.39 is 0 Å². The van der Waals surface area contributed by atoms with Gasteiger partial charge >= 0.3 is 0 Å². The van der Waals surface area contributed by atoms with Gasteiger partial charge in [0, 0.05) is 11.6 Å². The van der Waals surface area contributed by atoms with Gasteiger partial charge in [-0.2, -0.15) is 0 Å². The molecule has 0 bridgehead atoms. The van der Waals surface area contributed by atoms with Crippen LogP contribution in [0.4, 0.5) is 0 Å². The van der Waals surface area contributed by atoms with Crippen LogP contribution in [0, 0.1) is 6.92 Å². The van der Waals surface area contributed by atoms with Crippen LogP contribution in [0.5, 0.6) is 5.75 Å². The third-order valence-electron chi connectivity index (χ3n) is 3.77. The standard InChI is InChI=1S/C19H23ClN2O2/c1-14-8-10-15(11-9-14)24-13-19(23)21-12-18(22(2)3)16-6-4-5-7-17(16)20/h4-11,18H,12-13H2,1-3H3,(H,21,23). The Morgan fingerprint density at radius 3 is 2.46 bits per heavy atom. The molecule has 0 saturated heterocycles. The molecule has 0 aromatic heterocycles. The quantitative estimate of drug-likeness (QED) is 0.835. The number of aryl methyl sites for hydroxylation is 1. The summed E-state index contributed by atoms with van der Waals surface area (Å²) < 4.78 is 5.49. The molecular weight excluding hydrogens is 324 g/mol. The lowest BCUT2D eigenvalue weighted by Gasteiger charge is -2.26. The fourth-order valence-corrected chi connectivity index (χ4v) is 2.62. The number of hydrogen-bond donors (Lipinski definition) is 1. The Balaban J connectivity index is 1.88. The number of amides is 1. The van der Waals surface area contributed by atoms with Crippen LogP contribution in [0.15, 0.2) is 48.5 Å². The summed E-state index contributed by atoms with van der Waals surface area (Å²) in [4.78, 5) is 14.1. The van der Waals surface area contributed by atoms with Crippen molar-refractivity contribution in [2.45, 2.75) is 13.0 Å². The van der Waals surface area contributed by atoms with Crippen molar-refractivity contribution < 1.29 is 9.53 Å². The van der Waals surface area contributed by atoms with E-state index in [-0.39, 0.29) is 18.6 Å². The fourth-order valence-electron chi connectivity index (χ4n) is 2.36. The molecule has 0 aliphatic heterocycles. The molecule has 128 valence electrons. The maximum atomic E-state index is 12.0. The van der Waals surface area contributed by atoms with Gasteiger partial charge in [0.05, 0.1) is 6.04 Å². The first-order valence-electron chi connectivity index (χ1n) is 7.84. The molecule has 2 rings (SSSR count). The largest absolute Gasteiger partial charge is 0.484 e. The molecule has 0 aliphatic rings. The summed E-state index contributed by atoms with van der Waals surface area (Å²) in [6, 6.07) is 15.3. The van der Waals surface area contributed by atoms with Gasteiger partial charge < -0.3 is 15.0 Å². The zero-order chi connectivity index (χ0) is 17.5. The third-order valence-corrected chi connectivity index (χ3v) is 4.12. The Morgan fingerprint density at radius 1 is 1.17 bits per heavy atom. The van der Waals surface area contributed by atoms with Crippen LogP contribution in [0.25, 0.3) is 0 Å². The van der Waals surface area contributed by atoms with Crippen LogP contribution >= 0.6 is 11.6 Å². The van der Waals surface area contributed by atoms with Gasteiger partial charge in [0.2, 0.25) is 0 Å². The molecule has 0 fully saturated rings. The topological polar surface area (TPSA) is 41.6 Å². The smallest absolute Gasteiger partial charge is 0.258 e. The van der Waals surface area contributed by atoms with Gasteiger partial charge in [-0.1, -0.05) is 47.5 Å². The number of nitrogens with zero attached hydrogens (tertiary/aromatic N) is 1. The molecule has 0 heterocycles. The molecule has 4 nitrogen and oxygen atoms in total. The Labute approximate surface area is 148 Å². The zero-order valence-electron chi connectivity index (χ0n) is 14.3. The minimum absolute atomic E-state index is 0.00187. The van der Waals surface area contributed by atoms with E-state index >= 15 is 0 Å². The van der Waals surface area contributed by atoms with Gasteiger partial charge in [0.25, 0.3) is 5.91 Å². The van der Waals surface area contributed by atoms with Crippen molar-refractivity contribution in [2.24, 2.45) is 0 Å². The lowest BCUT2D eigenvalue weighted by Crippen LogP contribution is -2.37. The summed E-state index contributed by atoms with van der Waals surface area (Å²) in [5, 5.41) is 3.60. The summed E-state index contributed by atoms with van der Waals surface area (Å²) >= 11 is 6.27. The number of hydrogen-bond acceptors (Lipinski definition) is 3. The van der Waals surface area contributed by atoms with E-state index in [1.165, 1.54) is 0 Å². The zero-order valence-corrected chi connectivity index (χ0v) is 15.0. The summed E-state index contributed by atoms with van der Waals surface area (Å²) in [5.41, 5.74) is 2.14. The van der Waals surface area contributed by atoms with Crippen LogP contribution in [0.2, 0.25) is 5.02 Å². The number of nitrogens with one attached hydrogen (secondary N) is 1. The molecule has 5 heteroatoms. The van der Waals surface area contributed by atoms with Gasteiger partial charge in [-0.3, -0.25) is 4.79 Å². The normalized spacial score (nSPS) is 12.0. The number of ether oxygens (including phenoxy) is 1. The first kappa shape index (κ1) is 18.3. The molecule has 1 atom stereocenters. The average Bonchev–Trinajstić information content (AvgIpc) is 2.56. The van der Waals surface area contributed by atoms with Crippen molar-refractivity contribution in [1.29, 1.82) is 0 Å². The molecule has 0 spiro atoms. The SMILES string of the molecule is Cc1ccc(OCC(=O)NCC(c2ccccc2Cl)N(C)C)cc1. The van der Waals surface area contributed by atoms with Crippen LogP contribution in [-0.4, -0.2) is 38.1 Å². The van der Waals surface area contributed by atoms with Crippen molar-refractivity contribution in [3.8, 4) is 5.75 Å².